The smallest absolute Gasteiger partial charge is 0.295 e. The summed E-state index contributed by atoms with van der Waals surface area (Å²) < 4.78 is 43.6. The third-order valence-corrected chi connectivity index (χ3v) is 6.33. The highest BCUT2D eigenvalue weighted by Gasteiger charge is 2.22. The number of sulfonamides is 1. The Balaban J connectivity index is 1.56. The molecular formula is C22H20N4O7S. The predicted molar refractivity (Wildman–Crippen MR) is 125 cm³/mol. The van der Waals surface area contributed by atoms with E-state index in [4.69, 9.17) is 14.2 Å². The number of ether oxygens (including phenoxy) is 3. The van der Waals surface area contributed by atoms with Crippen molar-refractivity contribution in [3.63, 3.8) is 0 Å². The molecular weight excluding hydrogens is 464 g/mol. The summed E-state index contributed by atoms with van der Waals surface area (Å²) in [6.07, 6.45) is 0. The molecule has 1 aliphatic heterocycles. The first-order valence-corrected chi connectivity index (χ1v) is 11.4. The monoisotopic (exact) mass is 484 g/mol. The van der Waals surface area contributed by atoms with Gasteiger partial charge in [-0.15, -0.1) is 0 Å². The van der Waals surface area contributed by atoms with E-state index in [1.165, 1.54) is 31.4 Å². The van der Waals surface area contributed by atoms with E-state index in [0.717, 1.165) is 11.6 Å². The minimum absolute atomic E-state index is 0.0356. The van der Waals surface area contributed by atoms with Crippen LogP contribution in [0, 0.1) is 10.1 Å². The quantitative estimate of drug-likeness (QED) is 0.278. The topological polar surface area (TPSA) is 141 Å². The van der Waals surface area contributed by atoms with Crippen molar-refractivity contribution in [2.45, 2.75) is 11.8 Å². The number of methoxy groups -OCH3 is 1. The van der Waals surface area contributed by atoms with Crippen molar-refractivity contribution in [3.05, 3.63) is 76.3 Å². The highest BCUT2D eigenvalue weighted by Crippen LogP contribution is 2.33. The summed E-state index contributed by atoms with van der Waals surface area (Å²) in [6.45, 7) is 1.86. The fourth-order valence-corrected chi connectivity index (χ4v) is 4.21. The number of nitro benzene ring substituents is 1. The minimum Gasteiger partial charge on any atom is -0.497 e. The van der Waals surface area contributed by atoms with Gasteiger partial charge in [-0.2, -0.15) is 5.10 Å². The van der Waals surface area contributed by atoms with Crippen LogP contribution >= 0.6 is 0 Å². The first-order chi connectivity index (χ1) is 16.3. The second-order valence-corrected chi connectivity index (χ2v) is 8.83. The van der Waals surface area contributed by atoms with Gasteiger partial charge in [-0.1, -0.05) is 0 Å². The van der Waals surface area contributed by atoms with E-state index < -0.39 is 20.6 Å². The summed E-state index contributed by atoms with van der Waals surface area (Å²) >= 11 is 0. The largest absolute Gasteiger partial charge is 0.497 e. The highest BCUT2D eigenvalue weighted by molar-refractivity contribution is 7.92. The lowest BCUT2D eigenvalue weighted by molar-refractivity contribution is -0.384. The maximum absolute atomic E-state index is 12.8. The summed E-state index contributed by atoms with van der Waals surface area (Å²) in [5.74, 6) is 1.77. The molecule has 2 N–H and O–H groups in total. The van der Waals surface area contributed by atoms with Gasteiger partial charge in [0.15, 0.2) is 11.5 Å². The second-order valence-electron chi connectivity index (χ2n) is 7.15. The zero-order valence-electron chi connectivity index (χ0n) is 18.1. The van der Waals surface area contributed by atoms with Gasteiger partial charge in [0.2, 0.25) is 6.79 Å². The van der Waals surface area contributed by atoms with Gasteiger partial charge in [-0.25, -0.2) is 8.42 Å². The maximum atomic E-state index is 12.8. The Kier molecular flexibility index (Phi) is 6.23. The lowest BCUT2D eigenvalue weighted by Gasteiger charge is -2.10. The summed E-state index contributed by atoms with van der Waals surface area (Å²) in [5, 5.41) is 15.8. The standard InChI is InChI=1S/C22H20N4O7S/c1-14(15-3-10-21-22(11-15)33-13-32-21)23-24-19-9-8-18(12-20(19)26(27)28)34(29,30)25-16-4-6-17(31-2)7-5-16/h3-12,24-25H,13H2,1-2H3. The number of benzene rings is 3. The first-order valence-electron chi connectivity index (χ1n) is 9.92. The molecule has 0 saturated heterocycles. The van der Waals surface area contributed by atoms with Crippen LogP contribution in [-0.4, -0.2) is 33.0 Å². The molecule has 0 atom stereocenters. The molecule has 0 aromatic heterocycles. The SMILES string of the molecule is COc1ccc(NS(=O)(=O)c2ccc(NN=C(C)c3ccc4c(c3)OCO4)c([N+](=O)[O-])c2)cc1. The molecule has 3 aromatic rings. The van der Waals surface area contributed by atoms with Crippen LogP contribution in [0.2, 0.25) is 0 Å². The number of hydrazone groups is 1. The van der Waals surface area contributed by atoms with Crippen LogP contribution in [0.3, 0.4) is 0 Å². The number of hydrogen-bond donors (Lipinski definition) is 2. The van der Waals surface area contributed by atoms with Crippen LogP contribution in [0.5, 0.6) is 17.2 Å². The number of nitrogens with zero attached hydrogens (tertiary/aromatic N) is 2. The average molecular weight is 484 g/mol. The summed E-state index contributed by atoms with van der Waals surface area (Å²) in [7, 11) is -2.58. The number of nitro groups is 1. The summed E-state index contributed by atoms with van der Waals surface area (Å²) in [4.78, 5) is 10.7. The molecule has 0 saturated carbocycles. The van der Waals surface area contributed by atoms with Crippen LogP contribution in [0.25, 0.3) is 0 Å². The summed E-state index contributed by atoms with van der Waals surface area (Å²) in [5.41, 5.74) is 3.78. The number of rotatable bonds is 8. The van der Waals surface area contributed by atoms with Crippen molar-refractivity contribution in [2.75, 3.05) is 24.1 Å². The average Bonchev–Trinajstić information content (AvgIpc) is 3.30. The Morgan fingerprint density at radius 3 is 2.50 bits per heavy atom. The predicted octanol–water partition coefficient (Wildman–Crippen LogP) is 3.97. The van der Waals surface area contributed by atoms with Crippen molar-refractivity contribution in [1.82, 2.24) is 0 Å². The molecule has 12 heteroatoms. The number of nitrogens with one attached hydrogen (secondary N) is 2. The van der Waals surface area contributed by atoms with E-state index in [-0.39, 0.29) is 23.1 Å². The van der Waals surface area contributed by atoms with Crippen molar-refractivity contribution in [1.29, 1.82) is 0 Å². The number of fused-ring (bicyclic) bond motifs is 1. The van der Waals surface area contributed by atoms with Crippen LogP contribution in [0.15, 0.2) is 70.7 Å². The zero-order chi connectivity index (χ0) is 24.3. The van der Waals surface area contributed by atoms with E-state index in [2.05, 4.69) is 15.2 Å². The normalized spacial score (nSPS) is 12.8. The van der Waals surface area contributed by atoms with Gasteiger partial charge in [-0.3, -0.25) is 20.3 Å². The molecule has 0 unspecified atom stereocenters. The molecule has 34 heavy (non-hydrogen) atoms. The lowest BCUT2D eigenvalue weighted by atomic mass is 10.1. The Hall–Kier alpha value is -4.32. The molecule has 3 aromatic carbocycles. The molecule has 1 heterocycles. The molecule has 0 aliphatic carbocycles. The van der Waals surface area contributed by atoms with Gasteiger partial charge < -0.3 is 14.2 Å². The fraction of sp³-hybridized carbons (Fsp3) is 0.136. The van der Waals surface area contributed by atoms with E-state index >= 15 is 0 Å². The molecule has 0 radical (unpaired) electrons. The molecule has 176 valence electrons. The molecule has 11 nitrogen and oxygen atoms in total. The second kappa shape index (κ2) is 9.27. The van der Waals surface area contributed by atoms with Gasteiger partial charge in [0.05, 0.1) is 22.6 Å². The maximum Gasteiger partial charge on any atom is 0.295 e. The highest BCUT2D eigenvalue weighted by atomic mass is 32.2. The van der Waals surface area contributed by atoms with Gasteiger partial charge in [0.1, 0.15) is 11.4 Å². The van der Waals surface area contributed by atoms with Crippen molar-refractivity contribution < 1.29 is 27.6 Å². The molecule has 0 bridgehead atoms. The van der Waals surface area contributed by atoms with Crippen LogP contribution in [0.4, 0.5) is 17.1 Å². The van der Waals surface area contributed by atoms with Gasteiger partial charge in [-0.05, 0) is 61.5 Å². The third kappa shape index (κ3) is 4.86. The first kappa shape index (κ1) is 22.9. The molecule has 4 rings (SSSR count). The Morgan fingerprint density at radius 2 is 1.79 bits per heavy atom. The van der Waals surface area contributed by atoms with E-state index in [0.29, 0.717) is 23.0 Å². The lowest BCUT2D eigenvalue weighted by Crippen LogP contribution is -2.13. The molecule has 0 amide bonds. The minimum atomic E-state index is -4.07. The zero-order valence-corrected chi connectivity index (χ0v) is 19.0. The molecule has 0 fully saturated rings. The number of anilines is 2. The molecule has 0 spiro atoms. The van der Waals surface area contributed by atoms with Crippen molar-refractivity contribution in [2.24, 2.45) is 5.10 Å². The van der Waals surface area contributed by atoms with Gasteiger partial charge >= 0.3 is 0 Å². The Bertz CT molecular complexity index is 1370. The number of hydrogen-bond acceptors (Lipinski definition) is 9. The van der Waals surface area contributed by atoms with Gasteiger partial charge in [0.25, 0.3) is 15.7 Å². The Morgan fingerprint density at radius 1 is 1.06 bits per heavy atom. The van der Waals surface area contributed by atoms with E-state index in [1.807, 2.05) is 0 Å². The van der Waals surface area contributed by atoms with Crippen LogP contribution in [-0.2, 0) is 10.0 Å². The van der Waals surface area contributed by atoms with E-state index in [9.17, 15) is 18.5 Å². The van der Waals surface area contributed by atoms with Crippen LogP contribution < -0.4 is 24.4 Å². The van der Waals surface area contributed by atoms with E-state index in [1.54, 1.807) is 37.3 Å². The van der Waals surface area contributed by atoms with Gasteiger partial charge in [0, 0.05) is 17.3 Å². The summed E-state index contributed by atoms with van der Waals surface area (Å²) in [6, 6.07) is 15.0. The molecule has 1 aliphatic rings. The Labute approximate surface area is 195 Å². The van der Waals surface area contributed by atoms with Crippen molar-refractivity contribution in [3.8, 4) is 17.2 Å². The van der Waals surface area contributed by atoms with Crippen LogP contribution in [0.1, 0.15) is 12.5 Å². The third-order valence-electron chi connectivity index (χ3n) is 4.95. The fourth-order valence-electron chi connectivity index (χ4n) is 3.13. The van der Waals surface area contributed by atoms with Crippen molar-refractivity contribution >= 4 is 32.8 Å².